The van der Waals surface area contributed by atoms with Crippen LogP contribution < -0.4 is 0 Å². The van der Waals surface area contributed by atoms with E-state index in [4.69, 9.17) is 0 Å². The summed E-state index contributed by atoms with van der Waals surface area (Å²) in [5.41, 5.74) is 6.41. The van der Waals surface area contributed by atoms with Gasteiger partial charge < -0.3 is 9.47 Å². The number of fused-ring (bicyclic) bond motifs is 1. The predicted molar refractivity (Wildman–Crippen MR) is 105 cm³/mol. The van der Waals surface area contributed by atoms with Crippen LogP contribution in [0, 0.1) is 6.92 Å². The summed E-state index contributed by atoms with van der Waals surface area (Å²) in [6, 6.07) is 20.6. The Labute approximate surface area is 154 Å². The van der Waals surface area contributed by atoms with Gasteiger partial charge in [-0.3, -0.25) is 4.79 Å². The van der Waals surface area contributed by atoms with E-state index >= 15 is 0 Å². The molecule has 2 aromatic carbocycles. The monoisotopic (exact) mass is 342 g/mol. The Balaban J connectivity index is 1.76. The first kappa shape index (κ1) is 16.4. The maximum atomic E-state index is 13.2. The average molecular weight is 342 g/mol. The topological polar surface area (TPSA) is 25.2 Å². The van der Waals surface area contributed by atoms with Crippen LogP contribution in [0.15, 0.2) is 72.9 Å². The lowest BCUT2D eigenvalue weighted by Gasteiger charge is -2.20. The third-order valence-corrected chi connectivity index (χ3v) is 4.94. The van der Waals surface area contributed by atoms with Crippen LogP contribution in [0.3, 0.4) is 0 Å². The number of aryl methyl sites for hydroxylation is 2. The zero-order valence-corrected chi connectivity index (χ0v) is 15.1. The molecule has 1 aliphatic heterocycles. The van der Waals surface area contributed by atoms with Crippen molar-refractivity contribution in [2.24, 2.45) is 7.05 Å². The minimum atomic E-state index is 0.0859. The second kappa shape index (κ2) is 6.68. The molecule has 0 aliphatic carbocycles. The Morgan fingerprint density at radius 2 is 1.69 bits per heavy atom. The fraction of sp³-hybridized carbons (Fsp3) is 0.174. The number of amides is 1. The van der Waals surface area contributed by atoms with E-state index in [1.807, 2.05) is 47.0 Å². The van der Waals surface area contributed by atoms with Crippen LogP contribution in [0.1, 0.15) is 32.7 Å². The molecule has 0 N–H and O–H groups in total. The molecule has 0 radical (unpaired) electrons. The van der Waals surface area contributed by atoms with Crippen molar-refractivity contribution in [1.29, 1.82) is 0 Å². The molecule has 3 nitrogen and oxygen atoms in total. The van der Waals surface area contributed by atoms with Crippen LogP contribution >= 0.6 is 0 Å². The van der Waals surface area contributed by atoms with Gasteiger partial charge in [-0.2, -0.15) is 0 Å². The highest BCUT2D eigenvalue weighted by Gasteiger charge is 2.26. The fourth-order valence-corrected chi connectivity index (χ4v) is 3.52. The van der Waals surface area contributed by atoms with Crippen LogP contribution in [0.4, 0.5) is 0 Å². The number of rotatable bonds is 3. The third-order valence-electron chi connectivity index (χ3n) is 4.94. The number of benzene rings is 2. The minimum absolute atomic E-state index is 0.0859. The summed E-state index contributed by atoms with van der Waals surface area (Å²) in [7, 11) is 2.00. The SMILES string of the molecule is Cc1ccc(C2=CCN(Cc3ccccc3)C(=O)c3ccn(C)c32)cc1. The third kappa shape index (κ3) is 2.97. The van der Waals surface area contributed by atoms with Crippen LogP contribution in [-0.4, -0.2) is 21.9 Å². The van der Waals surface area contributed by atoms with Gasteiger partial charge >= 0.3 is 0 Å². The zero-order valence-electron chi connectivity index (χ0n) is 15.1. The zero-order chi connectivity index (χ0) is 18.1. The van der Waals surface area contributed by atoms with Gasteiger partial charge in [0.2, 0.25) is 0 Å². The average Bonchev–Trinajstić information content (AvgIpc) is 2.97. The van der Waals surface area contributed by atoms with E-state index in [1.54, 1.807) is 0 Å². The van der Waals surface area contributed by atoms with Crippen molar-refractivity contribution in [3.63, 3.8) is 0 Å². The van der Waals surface area contributed by atoms with Gasteiger partial charge in [0.25, 0.3) is 5.91 Å². The van der Waals surface area contributed by atoms with Crippen LogP contribution in [0.2, 0.25) is 0 Å². The molecule has 0 saturated heterocycles. The molecule has 1 aliphatic rings. The normalized spacial score (nSPS) is 14.0. The molecule has 3 heteroatoms. The van der Waals surface area contributed by atoms with Crippen LogP contribution in [-0.2, 0) is 13.6 Å². The van der Waals surface area contributed by atoms with Gasteiger partial charge in [0.15, 0.2) is 0 Å². The summed E-state index contributed by atoms with van der Waals surface area (Å²) < 4.78 is 2.05. The molecule has 0 unspecified atom stereocenters. The Morgan fingerprint density at radius 1 is 0.962 bits per heavy atom. The van der Waals surface area contributed by atoms with Crippen LogP contribution in [0.5, 0.6) is 0 Å². The van der Waals surface area contributed by atoms with E-state index in [2.05, 4.69) is 49.4 Å². The first-order valence-electron chi connectivity index (χ1n) is 8.89. The molecule has 0 atom stereocenters. The molecule has 130 valence electrons. The van der Waals surface area contributed by atoms with Crippen molar-refractivity contribution in [2.45, 2.75) is 13.5 Å². The molecule has 0 fully saturated rings. The lowest BCUT2D eigenvalue weighted by Crippen LogP contribution is -2.30. The number of hydrogen-bond acceptors (Lipinski definition) is 1. The molecule has 3 aromatic rings. The van der Waals surface area contributed by atoms with E-state index in [0.717, 1.165) is 28.0 Å². The van der Waals surface area contributed by atoms with Crippen LogP contribution in [0.25, 0.3) is 5.57 Å². The van der Waals surface area contributed by atoms with Gasteiger partial charge in [-0.05, 0) is 24.1 Å². The summed E-state index contributed by atoms with van der Waals surface area (Å²) in [6.45, 7) is 3.31. The molecule has 0 saturated carbocycles. The van der Waals surface area contributed by atoms with Crippen molar-refractivity contribution >= 4 is 11.5 Å². The van der Waals surface area contributed by atoms with E-state index in [1.165, 1.54) is 5.56 Å². The fourth-order valence-electron chi connectivity index (χ4n) is 3.52. The summed E-state index contributed by atoms with van der Waals surface area (Å²) >= 11 is 0. The van der Waals surface area contributed by atoms with E-state index in [0.29, 0.717) is 13.1 Å². The summed E-state index contributed by atoms with van der Waals surface area (Å²) in [6.07, 6.45) is 4.15. The second-order valence-corrected chi connectivity index (χ2v) is 6.84. The summed E-state index contributed by atoms with van der Waals surface area (Å²) in [5.74, 6) is 0.0859. The Hall–Kier alpha value is -3.07. The Morgan fingerprint density at radius 3 is 2.42 bits per heavy atom. The lowest BCUT2D eigenvalue weighted by molar-refractivity contribution is 0.0764. The van der Waals surface area contributed by atoms with Gasteiger partial charge in [0.1, 0.15) is 0 Å². The maximum absolute atomic E-state index is 13.2. The highest BCUT2D eigenvalue weighted by atomic mass is 16.2. The molecular formula is C23H22N2O. The minimum Gasteiger partial charge on any atom is -0.350 e. The number of nitrogens with zero attached hydrogens (tertiary/aromatic N) is 2. The van der Waals surface area contributed by atoms with Crippen molar-refractivity contribution in [1.82, 2.24) is 9.47 Å². The van der Waals surface area contributed by atoms with Crippen molar-refractivity contribution in [3.05, 3.63) is 101 Å². The number of aromatic nitrogens is 1. The Bertz CT molecular complexity index is 965. The molecule has 26 heavy (non-hydrogen) atoms. The van der Waals surface area contributed by atoms with Crippen molar-refractivity contribution < 1.29 is 4.79 Å². The van der Waals surface area contributed by atoms with Gasteiger partial charge in [-0.1, -0.05) is 66.2 Å². The van der Waals surface area contributed by atoms with E-state index in [-0.39, 0.29) is 5.91 Å². The highest BCUT2D eigenvalue weighted by molar-refractivity contribution is 6.02. The van der Waals surface area contributed by atoms with E-state index in [9.17, 15) is 4.79 Å². The number of carbonyl (C=O) groups is 1. The maximum Gasteiger partial charge on any atom is 0.256 e. The quantitative estimate of drug-likeness (QED) is 0.692. The van der Waals surface area contributed by atoms with Crippen molar-refractivity contribution in [2.75, 3.05) is 6.54 Å². The lowest BCUT2D eigenvalue weighted by atomic mass is 9.99. The van der Waals surface area contributed by atoms with Gasteiger partial charge in [-0.15, -0.1) is 0 Å². The summed E-state index contributed by atoms with van der Waals surface area (Å²) in [4.78, 5) is 15.1. The van der Waals surface area contributed by atoms with Gasteiger partial charge in [0, 0.05) is 31.9 Å². The largest absolute Gasteiger partial charge is 0.350 e. The molecule has 1 amide bonds. The first-order chi connectivity index (χ1) is 12.6. The van der Waals surface area contributed by atoms with E-state index < -0.39 is 0 Å². The molecular weight excluding hydrogens is 320 g/mol. The standard InChI is InChI=1S/C23H22N2O/c1-17-8-10-19(11-9-17)20-13-15-25(16-18-6-4-3-5-7-18)23(26)21-12-14-24(2)22(20)21/h3-14H,15-16H2,1-2H3. The predicted octanol–water partition coefficient (Wildman–Crippen LogP) is 4.42. The molecule has 2 heterocycles. The summed E-state index contributed by atoms with van der Waals surface area (Å²) in [5, 5.41) is 0. The second-order valence-electron chi connectivity index (χ2n) is 6.84. The molecule has 4 rings (SSSR count). The van der Waals surface area contributed by atoms with Gasteiger partial charge in [0.05, 0.1) is 11.3 Å². The number of hydrogen-bond donors (Lipinski definition) is 0. The first-order valence-corrected chi connectivity index (χ1v) is 8.89. The number of carbonyl (C=O) groups excluding carboxylic acids is 1. The molecule has 1 aromatic heterocycles. The Kier molecular flexibility index (Phi) is 4.21. The highest BCUT2D eigenvalue weighted by Crippen LogP contribution is 2.31. The van der Waals surface area contributed by atoms with Gasteiger partial charge in [-0.25, -0.2) is 0 Å². The molecule has 0 bridgehead atoms. The van der Waals surface area contributed by atoms with Crippen molar-refractivity contribution in [3.8, 4) is 0 Å². The molecule has 0 spiro atoms. The smallest absolute Gasteiger partial charge is 0.256 e.